The Balaban J connectivity index is 1.45. The van der Waals surface area contributed by atoms with E-state index >= 15 is 0 Å². The number of rotatable bonds is 2. The Morgan fingerprint density at radius 2 is 2.00 bits per heavy atom. The van der Waals surface area contributed by atoms with E-state index in [-0.39, 0.29) is 17.6 Å². The lowest BCUT2D eigenvalue weighted by molar-refractivity contribution is -0.139. The number of halogens is 1. The van der Waals surface area contributed by atoms with Crippen molar-refractivity contribution in [2.45, 2.75) is 26.3 Å². The molecule has 2 aromatic heterocycles. The number of thiophene rings is 1. The second-order valence-electron chi connectivity index (χ2n) is 8.37. The first-order valence-electron chi connectivity index (χ1n) is 10.8. The number of hydrogen-bond donors (Lipinski definition) is 0. The molecule has 32 heavy (non-hydrogen) atoms. The molecule has 1 aliphatic carbocycles. The van der Waals surface area contributed by atoms with Crippen LogP contribution in [0.25, 0.3) is 5.00 Å². The molecule has 1 atom stereocenters. The zero-order chi connectivity index (χ0) is 21.8. The molecule has 0 bridgehead atoms. The summed E-state index contributed by atoms with van der Waals surface area (Å²) < 4.78 is 22.3. The number of benzene rings is 1. The minimum absolute atomic E-state index is 0.0914. The summed E-state index contributed by atoms with van der Waals surface area (Å²) in [6.07, 6.45) is 1.34. The fourth-order valence-electron chi connectivity index (χ4n) is 4.91. The van der Waals surface area contributed by atoms with E-state index in [0.717, 1.165) is 27.8 Å². The maximum absolute atomic E-state index is 14.9. The minimum Gasteiger partial charge on any atom is -0.378 e. The van der Waals surface area contributed by atoms with Crippen LogP contribution < -0.4 is 0 Å². The first-order valence-corrected chi connectivity index (χ1v) is 11.7. The van der Waals surface area contributed by atoms with Crippen LogP contribution in [0.5, 0.6) is 0 Å². The topological polar surface area (TPSA) is 72.6 Å². The normalized spacial score (nSPS) is 19.8. The smallest absolute Gasteiger partial charge is 0.226 e. The second kappa shape index (κ2) is 7.60. The van der Waals surface area contributed by atoms with Gasteiger partial charge >= 0.3 is 0 Å². The number of aryl methyl sites for hydroxylation is 1. The highest BCUT2D eigenvalue weighted by Gasteiger charge is 2.38. The van der Waals surface area contributed by atoms with E-state index in [1.165, 1.54) is 10.9 Å². The molecule has 7 nitrogen and oxygen atoms in total. The molecule has 9 heteroatoms. The Hall–Kier alpha value is -2.91. The van der Waals surface area contributed by atoms with Crippen molar-refractivity contribution in [3.05, 3.63) is 63.3 Å². The summed E-state index contributed by atoms with van der Waals surface area (Å²) in [5.74, 6) is 1.32. The van der Waals surface area contributed by atoms with Gasteiger partial charge in [0.15, 0.2) is 5.82 Å². The third kappa shape index (κ3) is 3.02. The molecule has 1 fully saturated rings. The molecule has 6 rings (SSSR count). The van der Waals surface area contributed by atoms with Gasteiger partial charge < -0.3 is 9.64 Å². The number of fused-ring (bicyclic) bond motifs is 5. The molecule has 3 aliphatic rings. The van der Waals surface area contributed by atoms with E-state index in [9.17, 15) is 9.18 Å². The number of carbonyl (C=O) groups excluding carboxylic acids is 1. The summed E-state index contributed by atoms with van der Waals surface area (Å²) >= 11 is 1.66. The van der Waals surface area contributed by atoms with Gasteiger partial charge in [0, 0.05) is 35.0 Å². The Morgan fingerprint density at radius 1 is 1.19 bits per heavy atom. The summed E-state index contributed by atoms with van der Waals surface area (Å²) in [7, 11) is 0. The molecule has 1 aromatic carbocycles. The van der Waals surface area contributed by atoms with Crippen molar-refractivity contribution >= 4 is 23.0 Å². The van der Waals surface area contributed by atoms with Gasteiger partial charge in [-0.25, -0.2) is 4.39 Å². The minimum atomic E-state index is -0.300. The zero-order valence-corrected chi connectivity index (χ0v) is 18.5. The molecule has 0 N–H and O–H groups in total. The third-order valence-electron chi connectivity index (χ3n) is 6.47. The van der Waals surface area contributed by atoms with Gasteiger partial charge in [0.25, 0.3) is 0 Å². The predicted octanol–water partition coefficient (Wildman–Crippen LogP) is 2.70. The van der Waals surface area contributed by atoms with Crippen molar-refractivity contribution in [2.24, 2.45) is 10.9 Å². The van der Waals surface area contributed by atoms with E-state index in [1.807, 2.05) is 22.5 Å². The van der Waals surface area contributed by atoms with Crippen molar-refractivity contribution in [2.75, 3.05) is 26.3 Å². The molecule has 4 heterocycles. The Labute approximate surface area is 188 Å². The lowest BCUT2D eigenvalue weighted by Crippen LogP contribution is -2.44. The number of morpholine rings is 1. The van der Waals surface area contributed by atoms with Crippen molar-refractivity contribution < 1.29 is 13.9 Å². The van der Waals surface area contributed by atoms with Gasteiger partial charge in [-0.3, -0.25) is 14.4 Å². The van der Waals surface area contributed by atoms with Crippen molar-refractivity contribution in [3.8, 4) is 5.00 Å². The Bertz CT molecular complexity index is 1260. The van der Waals surface area contributed by atoms with Crippen LogP contribution in [-0.4, -0.2) is 57.6 Å². The molecule has 164 valence electrons. The number of carbonyl (C=O) groups is 1. The Morgan fingerprint density at radius 3 is 2.81 bits per heavy atom. The number of aliphatic imine (C=N–C) groups is 1. The molecular formula is C23H22FN5O2S. The van der Waals surface area contributed by atoms with Gasteiger partial charge in [-0.2, -0.15) is 0 Å². The third-order valence-corrected chi connectivity index (χ3v) is 7.71. The van der Waals surface area contributed by atoms with Crippen molar-refractivity contribution in [1.29, 1.82) is 0 Å². The van der Waals surface area contributed by atoms with E-state index in [2.05, 4.69) is 10.2 Å². The standard InChI is InChI=1S/C23H22FN5O2S/c1-13-26-27-19-12-25-21(15-4-2-3-5-17(15)24)20-16-10-14(11-18(16)32-23(20)29(13)19)22(30)28-6-8-31-9-7-28/h2-5,14H,6-12H2,1H3. The van der Waals surface area contributed by atoms with Gasteiger partial charge in [-0.15, -0.1) is 21.5 Å². The lowest BCUT2D eigenvalue weighted by Gasteiger charge is -2.29. The number of nitrogens with zero attached hydrogens (tertiary/aromatic N) is 5. The summed E-state index contributed by atoms with van der Waals surface area (Å²) in [5.41, 5.74) is 3.15. The van der Waals surface area contributed by atoms with Crippen molar-refractivity contribution in [3.63, 3.8) is 0 Å². The van der Waals surface area contributed by atoms with E-state index in [4.69, 9.17) is 9.73 Å². The summed E-state index contributed by atoms with van der Waals surface area (Å²) in [6.45, 7) is 4.73. The van der Waals surface area contributed by atoms with Crippen LogP contribution in [0.2, 0.25) is 0 Å². The number of amides is 1. The summed E-state index contributed by atoms with van der Waals surface area (Å²) in [4.78, 5) is 21.1. The quantitative estimate of drug-likeness (QED) is 0.601. The van der Waals surface area contributed by atoms with Crippen LogP contribution in [-0.2, 0) is 28.9 Å². The van der Waals surface area contributed by atoms with Gasteiger partial charge in [0.05, 0.1) is 18.9 Å². The SMILES string of the molecule is Cc1nnc2n1-c1sc3c(c1C(c1ccccc1F)=NC2)CC(C(=O)N1CCOCC1)C3. The van der Waals surface area contributed by atoms with Crippen LogP contribution >= 0.6 is 11.3 Å². The van der Waals surface area contributed by atoms with Gasteiger partial charge in [-0.1, -0.05) is 12.1 Å². The molecular weight excluding hydrogens is 429 g/mol. The van der Waals surface area contributed by atoms with Crippen LogP contribution in [0, 0.1) is 18.7 Å². The van der Waals surface area contributed by atoms with E-state index < -0.39 is 0 Å². The van der Waals surface area contributed by atoms with Crippen LogP contribution in [0.1, 0.15) is 33.2 Å². The average molecular weight is 452 g/mol. The molecule has 2 aliphatic heterocycles. The molecule has 1 amide bonds. The van der Waals surface area contributed by atoms with Gasteiger partial charge in [-0.05, 0) is 37.5 Å². The highest BCUT2D eigenvalue weighted by Crippen LogP contribution is 2.43. The fourth-order valence-corrected chi connectivity index (χ4v) is 6.39. The largest absolute Gasteiger partial charge is 0.378 e. The second-order valence-corrected chi connectivity index (χ2v) is 9.45. The first kappa shape index (κ1) is 19.8. The predicted molar refractivity (Wildman–Crippen MR) is 118 cm³/mol. The molecule has 3 aromatic rings. The Kier molecular flexibility index (Phi) is 4.69. The molecule has 0 saturated carbocycles. The number of aromatic nitrogens is 3. The highest BCUT2D eigenvalue weighted by atomic mass is 32.1. The van der Waals surface area contributed by atoms with E-state index in [0.29, 0.717) is 57.0 Å². The first-order chi connectivity index (χ1) is 15.6. The molecule has 0 radical (unpaired) electrons. The number of ether oxygens (including phenoxy) is 1. The number of hydrogen-bond acceptors (Lipinski definition) is 6. The van der Waals surface area contributed by atoms with Crippen LogP contribution in [0.4, 0.5) is 4.39 Å². The van der Waals surface area contributed by atoms with Gasteiger partial charge in [0.2, 0.25) is 5.91 Å². The summed E-state index contributed by atoms with van der Waals surface area (Å²) in [6, 6.07) is 6.75. The maximum atomic E-state index is 14.9. The lowest BCUT2D eigenvalue weighted by atomic mass is 9.97. The van der Waals surface area contributed by atoms with Crippen LogP contribution in [0.3, 0.4) is 0 Å². The zero-order valence-electron chi connectivity index (χ0n) is 17.7. The molecule has 0 spiro atoms. The summed E-state index contributed by atoms with van der Waals surface area (Å²) in [5, 5.41) is 9.52. The highest BCUT2D eigenvalue weighted by molar-refractivity contribution is 7.15. The fraction of sp³-hybridized carbons (Fsp3) is 0.391. The van der Waals surface area contributed by atoms with Gasteiger partial charge in [0.1, 0.15) is 23.2 Å². The molecule has 1 saturated heterocycles. The van der Waals surface area contributed by atoms with E-state index in [1.54, 1.807) is 23.5 Å². The maximum Gasteiger partial charge on any atom is 0.226 e. The average Bonchev–Trinajstić information content (AvgIpc) is 3.45. The van der Waals surface area contributed by atoms with Crippen molar-refractivity contribution in [1.82, 2.24) is 19.7 Å². The van der Waals surface area contributed by atoms with Crippen LogP contribution in [0.15, 0.2) is 29.3 Å². The monoisotopic (exact) mass is 451 g/mol. The molecule has 1 unspecified atom stereocenters.